The summed E-state index contributed by atoms with van der Waals surface area (Å²) in [6.45, 7) is -0.0354. The molecule has 0 spiro atoms. The molecular formula is C9H17N3O8. The minimum absolute atomic E-state index is 0.00257. The van der Waals surface area contributed by atoms with E-state index < -0.39 is 35.8 Å². The van der Waals surface area contributed by atoms with Gasteiger partial charge in [0.05, 0.1) is 25.0 Å². The number of carboxylic acids is 1. The van der Waals surface area contributed by atoms with Gasteiger partial charge in [0.1, 0.15) is 6.04 Å². The summed E-state index contributed by atoms with van der Waals surface area (Å²) in [5.74, 6) is -2.27. The van der Waals surface area contributed by atoms with Crippen molar-refractivity contribution >= 4 is 18.0 Å². The van der Waals surface area contributed by atoms with Crippen LogP contribution in [-0.4, -0.2) is 58.1 Å². The zero-order chi connectivity index (χ0) is 15.5. The van der Waals surface area contributed by atoms with Crippen LogP contribution in [0.5, 0.6) is 0 Å². The Morgan fingerprint density at radius 1 is 1.20 bits per heavy atom. The van der Waals surface area contributed by atoms with Gasteiger partial charge >= 0.3 is 12.1 Å². The van der Waals surface area contributed by atoms with Gasteiger partial charge < -0.3 is 20.9 Å². The van der Waals surface area contributed by atoms with E-state index in [9.17, 15) is 14.4 Å². The van der Waals surface area contributed by atoms with Crippen molar-refractivity contribution in [3.63, 3.8) is 0 Å². The molecule has 0 aromatic rings. The predicted molar refractivity (Wildman–Crippen MR) is 60.3 cm³/mol. The smallest absolute Gasteiger partial charge is 0.407 e. The number of hydrogen-bond acceptors (Lipinski definition) is 8. The van der Waals surface area contributed by atoms with E-state index in [1.54, 1.807) is 0 Å². The average Bonchev–Trinajstić information content (AvgIpc) is 2.31. The third-order valence-corrected chi connectivity index (χ3v) is 1.97. The lowest BCUT2D eigenvalue weighted by Crippen LogP contribution is -2.43. The van der Waals surface area contributed by atoms with Crippen molar-refractivity contribution in [1.82, 2.24) is 10.7 Å². The number of carbonyl (C=O) groups excluding carboxylic acids is 2. The van der Waals surface area contributed by atoms with Crippen molar-refractivity contribution in [3.05, 3.63) is 0 Å². The van der Waals surface area contributed by atoms with E-state index in [0.29, 0.717) is 12.8 Å². The second-order valence-electron chi connectivity index (χ2n) is 3.63. The van der Waals surface area contributed by atoms with Crippen molar-refractivity contribution in [2.24, 2.45) is 5.73 Å². The van der Waals surface area contributed by atoms with Gasteiger partial charge in [-0.3, -0.25) is 20.0 Å². The first-order valence-corrected chi connectivity index (χ1v) is 5.58. The average molecular weight is 295 g/mol. The lowest BCUT2D eigenvalue weighted by atomic mass is 10.2. The predicted octanol–water partition coefficient (Wildman–Crippen LogP) is -1.17. The fraction of sp³-hybridized carbons (Fsp3) is 0.667. The number of primary amides is 1. The summed E-state index contributed by atoms with van der Waals surface area (Å²) in [7, 11) is 0. The van der Waals surface area contributed by atoms with Crippen molar-refractivity contribution < 1.29 is 39.5 Å². The first-order chi connectivity index (χ1) is 9.32. The molecule has 0 heterocycles. The zero-order valence-electron chi connectivity index (χ0n) is 10.5. The molecule has 0 aromatic heterocycles. The first kappa shape index (κ1) is 18.0. The number of unbranched alkanes of at least 4 members (excludes halogenated alkanes) is 1. The Bertz CT molecular complexity index is 335. The van der Waals surface area contributed by atoms with Crippen molar-refractivity contribution in [2.45, 2.75) is 25.3 Å². The number of alkyl carbamates (subject to hydrolysis) is 1. The highest BCUT2D eigenvalue weighted by atomic mass is 17.1. The fourth-order valence-corrected chi connectivity index (χ4v) is 1.10. The molecule has 11 nitrogen and oxygen atoms in total. The van der Waals surface area contributed by atoms with Crippen molar-refractivity contribution in [2.75, 3.05) is 13.2 Å². The molecule has 0 saturated heterocycles. The maximum atomic E-state index is 11.2. The number of nitrogens with one attached hydrogen (secondary N) is 1. The summed E-state index contributed by atoms with van der Waals surface area (Å²) >= 11 is 0. The number of hydrogen-bond donors (Lipinski definition) is 5. The maximum Gasteiger partial charge on any atom is 0.407 e. The van der Waals surface area contributed by atoms with E-state index in [1.807, 2.05) is 5.32 Å². The highest BCUT2D eigenvalue weighted by molar-refractivity contribution is 5.86. The Kier molecular flexibility index (Phi) is 8.95. The molecule has 0 aliphatic heterocycles. The van der Waals surface area contributed by atoms with E-state index in [4.69, 9.17) is 21.3 Å². The Labute approximate surface area is 113 Å². The molecule has 0 aliphatic carbocycles. The summed E-state index contributed by atoms with van der Waals surface area (Å²) < 4.78 is 4.65. The van der Waals surface area contributed by atoms with Crippen LogP contribution in [0.4, 0.5) is 4.79 Å². The number of nitrogens with two attached hydrogens (primary N) is 1. The Morgan fingerprint density at radius 2 is 1.80 bits per heavy atom. The maximum absolute atomic E-state index is 11.2. The van der Waals surface area contributed by atoms with Gasteiger partial charge in [0.2, 0.25) is 5.91 Å². The largest absolute Gasteiger partial charge is 0.480 e. The monoisotopic (exact) mass is 295 g/mol. The quantitative estimate of drug-likeness (QED) is 0.246. The van der Waals surface area contributed by atoms with Gasteiger partial charge in [0, 0.05) is 0 Å². The third kappa shape index (κ3) is 10.0. The summed E-state index contributed by atoms with van der Waals surface area (Å²) in [6, 6.07) is -1.44. The number of carboxylic acid groups (broad SMARTS) is 1. The summed E-state index contributed by atoms with van der Waals surface area (Å²) in [4.78, 5) is 36.8. The molecule has 0 fully saturated rings. The van der Waals surface area contributed by atoms with Crippen LogP contribution in [-0.2, 0) is 19.2 Å². The normalized spacial score (nSPS) is 11.9. The molecule has 116 valence electrons. The van der Waals surface area contributed by atoms with Gasteiger partial charge in [0.25, 0.3) is 0 Å². The van der Waals surface area contributed by atoms with Crippen molar-refractivity contribution in [3.8, 4) is 0 Å². The van der Waals surface area contributed by atoms with E-state index in [1.165, 1.54) is 0 Å². The van der Waals surface area contributed by atoms with Gasteiger partial charge in [-0.1, -0.05) is 0 Å². The molecule has 0 bridgehead atoms. The zero-order valence-corrected chi connectivity index (χ0v) is 10.5. The molecule has 0 saturated carbocycles. The van der Waals surface area contributed by atoms with Crippen LogP contribution in [0, 0.1) is 0 Å². The number of aliphatic carboxylic acids is 1. The fourth-order valence-electron chi connectivity index (χ4n) is 1.10. The lowest BCUT2D eigenvalue weighted by Gasteiger charge is -2.13. The Hall–Kier alpha value is -1.95. The van der Waals surface area contributed by atoms with Gasteiger partial charge in [-0.15, -0.1) is 0 Å². The minimum atomic E-state index is -1.44. The molecule has 1 atom stereocenters. The van der Waals surface area contributed by atoms with Crippen LogP contribution in [0.15, 0.2) is 0 Å². The highest BCUT2D eigenvalue weighted by Gasteiger charge is 2.22. The summed E-state index contributed by atoms with van der Waals surface area (Å²) in [5.41, 5.74) is 4.83. The van der Waals surface area contributed by atoms with Crippen LogP contribution < -0.4 is 11.1 Å². The number of nitrogens with zero attached hydrogens (tertiary/aromatic N) is 1. The molecule has 11 heteroatoms. The van der Waals surface area contributed by atoms with Gasteiger partial charge in [-0.05, 0) is 12.8 Å². The number of carbonyl (C=O) groups is 3. The molecule has 0 radical (unpaired) electrons. The highest BCUT2D eigenvalue weighted by Crippen LogP contribution is 1.96. The lowest BCUT2D eigenvalue weighted by molar-refractivity contribution is -0.492. The van der Waals surface area contributed by atoms with Gasteiger partial charge in [0.15, 0.2) is 0 Å². The third-order valence-electron chi connectivity index (χ3n) is 1.97. The van der Waals surface area contributed by atoms with Crippen molar-refractivity contribution in [1.29, 1.82) is 0 Å². The van der Waals surface area contributed by atoms with E-state index in [0.717, 1.165) is 0 Å². The SMILES string of the molecule is NC(=O)CC(NC(=O)OCCCCON(O)O)C(=O)O. The first-order valence-electron chi connectivity index (χ1n) is 5.58. The van der Waals surface area contributed by atoms with Crippen LogP contribution in [0.1, 0.15) is 19.3 Å². The van der Waals surface area contributed by atoms with Crippen LogP contribution in [0.25, 0.3) is 0 Å². The molecule has 6 N–H and O–H groups in total. The molecular weight excluding hydrogens is 278 g/mol. The molecule has 20 heavy (non-hydrogen) atoms. The topological polar surface area (TPSA) is 172 Å². The summed E-state index contributed by atoms with van der Waals surface area (Å²) in [5, 5.41) is 26.7. The van der Waals surface area contributed by atoms with E-state index in [2.05, 4.69) is 9.57 Å². The second-order valence-corrected chi connectivity index (χ2v) is 3.63. The molecule has 0 aliphatic rings. The van der Waals surface area contributed by atoms with E-state index >= 15 is 0 Å². The van der Waals surface area contributed by atoms with Gasteiger partial charge in [-0.2, -0.15) is 0 Å². The van der Waals surface area contributed by atoms with Crippen LogP contribution >= 0.6 is 0 Å². The molecule has 1 unspecified atom stereocenters. The minimum Gasteiger partial charge on any atom is -0.480 e. The number of amides is 2. The van der Waals surface area contributed by atoms with E-state index in [-0.39, 0.29) is 13.2 Å². The molecule has 0 aromatic carbocycles. The van der Waals surface area contributed by atoms with Crippen LogP contribution in [0.3, 0.4) is 0 Å². The second kappa shape index (κ2) is 9.91. The molecule has 0 rings (SSSR count). The van der Waals surface area contributed by atoms with Gasteiger partial charge in [-0.25, -0.2) is 9.59 Å². The number of ether oxygens (including phenoxy) is 1. The molecule has 2 amide bonds. The standard InChI is InChI=1S/C9H17N3O8/c10-7(13)5-6(8(14)15)11-9(16)19-3-1-2-4-20-12(17)18/h6,17-18H,1-5H2,(H2,10,13)(H,11,16)(H,14,15). The van der Waals surface area contributed by atoms with Crippen LogP contribution in [0.2, 0.25) is 0 Å². The summed E-state index contributed by atoms with van der Waals surface area (Å²) in [6.07, 6.45) is -0.810. The Balaban J connectivity index is 3.80. The number of rotatable bonds is 10. The Morgan fingerprint density at radius 3 is 2.30 bits per heavy atom.